The Labute approximate surface area is 142 Å². The summed E-state index contributed by atoms with van der Waals surface area (Å²) in [5.41, 5.74) is 0.773. The van der Waals surface area contributed by atoms with E-state index in [1.54, 1.807) is 18.2 Å². The van der Waals surface area contributed by atoms with Gasteiger partial charge in [-0.25, -0.2) is 13.1 Å². The van der Waals surface area contributed by atoms with Gasteiger partial charge in [0.25, 0.3) is 10.2 Å². The number of benzene rings is 1. The number of anilines is 2. The van der Waals surface area contributed by atoms with E-state index in [1.165, 1.54) is 27.1 Å². The number of nitrogens with zero attached hydrogens (tertiary/aromatic N) is 2. The minimum Gasteiger partial charge on any atom is -0.326 e. The minimum atomic E-state index is -3.64. The van der Waals surface area contributed by atoms with E-state index in [9.17, 15) is 21.6 Å². The van der Waals surface area contributed by atoms with Gasteiger partial charge in [0.05, 0.1) is 11.9 Å². The first-order valence-corrected chi connectivity index (χ1v) is 10.2. The first kappa shape index (κ1) is 20.4. The summed E-state index contributed by atoms with van der Waals surface area (Å²) in [6.07, 6.45) is 1.03. The van der Waals surface area contributed by atoms with Crippen LogP contribution in [0, 0.1) is 0 Å². The smallest absolute Gasteiger partial charge is 0.278 e. The average Bonchev–Trinajstić information content (AvgIpc) is 2.41. The number of hydrogen-bond donors (Lipinski definition) is 2. The molecule has 0 aliphatic rings. The standard InChI is InChI=1S/C13H22N4O5S2/c1-11(18)15-12-6-5-7-13(10-12)17(23(4,19)20)9-8-14-24(21,22)16(2)3/h5-7,10,14H,8-9H2,1-4H3,(H,15,18). The summed E-state index contributed by atoms with van der Waals surface area (Å²) >= 11 is 0. The monoisotopic (exact) mass is 378 g/mol. The van der Waals surface area contributed by atoms with Crippen molar-refractivity contribution < 1.29 is 21.6 Å². The molecule has 1 amide bonds. The fourth-order valence-electron chi connectivity index (χ4n) is 1.83. The molecule has 0 spiro atoms. The van der Waals surface area contributed by atoms with E-state index in [0.29, 0.717) is 11.4 Å². The molecule has 0 aromatic heterocycles. The molecular formula is C13H22N4O5S2. The molecule has 24 heavy (non-hydrogen) atoms. The van der Waals surface area contributed by atoms with E-state index < -0.39 is 20.2 Å². The summed E-state index contributed by atoms with van der Waals surface area (Å²) in [7, 11) is -4.53. The Kier molecular flexibility index (Phi) is 6.72. The number of sulfonamides is 1. The fraction of sp³-hybridized carbons (Fsp3) is 0.462. The zero-order valence-electron chi connectivity index (χ0n) is 14.0. The van der Waals surface area contributed by atoms with E-state index in [4.69, 9.17) is 0 Å². The number of carbonyl (C=O) groups excluding carboxylic acids is 1. The van der Waals surface area contributed by atoms with E-state index in [2.05, 4.69) is 10.0 Å². The molecule has 136 valence electrons. The van der Waals surface area contributed by atoms with Gasteiger partial charge in [0, 0.05) is 39.8 Å². The van der Waals surface area contributed by atoms with Gasteiger partial charge >= 0.3 is 0 Å². The van der Waals surface area contributed by atoms with Crippen molar-refractivity contribution in [1.82, 2.24) is 9.03 Å². The van der Waals surface area contributed by atoms with E-state index in [1.807, 2.05) is 0 Å². The Morgan fingerprint density at radius 2 is 1.79 bits per heavy atom. The van der Waals surface area contributed by atoms with Crippen LogP contribution in [0.15, 0.2) is 24.3 Å². The zero-order valence-corrected chi connectivity index (χ0v) is 15.6. The summed E-state index contributed by atoms with van der Waals surface area (Å²) in [5, 5.41) is 2.57. The molecule has 11 heteroatoms. The molecule has 0 heterocycles. The summed E-state index contributed by atoms with van der Waals surface area (Å²) < 4.78 is 51.7. The molecule has 1 aromatic rings. The van der Waals surface area contributed by atoms with Gasteiger partial charge in [-0.2, -0.15) is 12.7 Å². The van der Waals surface area contributed by atoms with Crippen molar-refractivity contribution in [3.63, 3.8) is 0 Å². The molecule has 0 radical (unpaired) electrons. The molecule has 0 saturated heterocycles. The second-order valence-electron chi connectivity index (χ2n) is 5.25. The van der Waals surface area contributed by atoms with Crippen molar-refractivity contribution in [1.29, 1.82) is 0 Å². The Hall–Kier alpha value is -1.69. The summed E-state index contributed by atoms with van der Waals surface area (Å²) in [6, 6.07) is 6.29. The second kappa shape index (κ2) is 7.92. The molecule has 9 nitrogen and oxygen atoms in total. The first-order valence-electron chi connectivity index (χ1n) is 6.96. The molecule has 2 N–H and O–H groups in total. The quantitative estimate of drug-likeness (QED) is 0.650. The van der Waals surface area contributed by atoms with Gasteiger partial charge in [-0.05, 0) is 18.2 Å². The third-order valence-electron chi connectivity index (χ3n) is 2.93. The van der Waals surface area contributed by atoms with Crippen LogP contribution in [0.3, 0.4) is 0 Å². The molecule has 0 atom stereocenters. The summed E-state index contributed by atoms with van der Waals surface area (Å²) in [4.78, 5) is 11.1. The topological polar surface area (TPSA) is 116 Å². The molecule has 1 aromatic carbocycles. The fourth-order valence-corrected chi connectivity index (χ4v) is 3.36. The largest absolute Gasteiger partial charge is 0.326 e. The lowest BCUT2D eigenvalue weighted by molar-refractivity contribution is -0.114. The van der Waals surface area contributed by atoms with Crippen molar-refractivity contribution in [2.45, 2.75) is 6.92 Å². The second-order valence-corrected chi connectivity index (χ2v) is 9.12. The molecule has 0 fully saturated rings. The van der Waals surface area contributed by atoms with E-state index >= 15 is 0 Å². The van der Waals surface area contributed by atoms with Crippen LogP contribution in [0.5, 0.6) is 0 Å². The van der Waals surface area contributed by atoms with Crippen molar-refractivity contribution >= 4 is 37.5 Å². The number of hydrogen-bond acceptors (Lipinski definition) is 5. The maximum Gasteiger partial charge on any atom is 0.278 e. The number of carbonyl (C=O) groups is 1. The molecule has 0 saturated carbocycles. The lowest BCUT2D eigenvalue weighted by atomic mass is 10.2. The van der Waals surface area contributed by atoms with Gasteiger partial charge in [0.15, 0.2) is 0 Å². The number of nitrogens with one attached hydrogen (secondary N) is 2. The van der Waals surface area contributed by atoms with Gasteiger partial charge in [0.1, 0.15) is 0 Å². The Bertz CT molecular complexity index is 790. The Balaban J connectivity index is 2.97. The van der Waals surface area contributed by atoms with Gasteiger partial charge in [-0.15, -0.1) is 0 Å². The third kappa shape index (κ3) is 6.07. The van der Waals surface area contributed by atoms with Crippen LogP contribution >= 0.6 is 0 Å². The molecule has 0 aliphatic heterocycles. The zero-order chi connectivity index (χ0) is 18.5. The van der Waals surface area contributed by atoms with Crippen LogP contribution in [-0.2, 0) is 25.0 Å². The van der Waals surface area contributed by atoms with Crippen LogP contribution in [0.4, 0.5) is 11.4 Å². The predicted molar refractivity (Wildman–Crippen MR) is 93.5 cm³/mol. The van der Waals surface area contributed by atoms with Gasteiger partial charge in [-0.3, -0.25) is 9.10 Å². The van der Waals surface area contributed by atoms with E-state index in [0.717, 1.165) is 14.9 Å². The normalized spacial score (nSPS) is 12.2. The van der Waals surface area contributed by atoms with Crippen LogP contribution in [-0.4, -0.2) is 60.5 Å². The van der Waals surface area contributed by atoms with Crippen molar-refractivity contribution in [3.05, 3.63) is 24.3 Å². The highest BCUT2D eigenvalue weighted by molar-refractivity contribution is 7.92. The number of amides is 1. The van der Waals surface area contributed by atoms with Crippen LogP contribution in [0.2, 0.25) is 0 Å². The molecule has 0 aliphatic carbocycles. The predicted octanol–water partition coefficient (Wildman–Crippen LogP) is -0.193. The van der Waals surface area contributed by atoms with Crippen LogP contribution < -0.4 is 14.3 Å². The Morgan fingerprint density at radius 1 is 1.17 bits per heavy atom. The average molecular weight is 378 g/mol. The Morgan fingerprint density at radius 3 is 2.29 bits per heavy atom. The first-order chi connectivity index (χ1) is 10.9. The lowest BCUT2D eigenvalue weighted by Gasteiger charge is -2.23. The SMILES string of the molecule is CC(=O)Nc1cccc(N(CCNS(=O)(=O)N(C)C)S(C)(=O)=O)c1. The molecule has 1 rings (SSSR count). The van der Waals surface area contributed by atoms with Crippen LogP contribution in [0.1, 0.15) is 6.92 Å². The van der Waals surface area contributed by atoms with E-state index in [-0.39, 0.29) is 19.0 Å². The highest BCUT2D eigenvalue weighted by atomic mass is 32.2. The van der Waals surface area contributed by atoms with Gasteiger partial charge in [0.2, 0.25) is 15.9 Å². The molecular weight excluding hydrogens is 356 g/mol. The molecule has 0 bridgehead atoms. The van der Waals surface area contributed by atoms with Crippen molar-refractivity contribution in [3.8, 4) is 0 Å². The van der Waals surface area contributed by atoms with Gasteiger partial charge < -0.3 is 5.32 Å². The van der Waals surface area contributed by atoms with Crippen molar-refractivity contribution in [2.24, 2.45) is 0 Å². The summed E-state index contributed by atoms with van der Waals surface area (Å²) in [6.45, 7) is 1.16. The third-order valence-corrected chi connectivity index (χ3v) is 5.66. The summed E-state index contributed by atoms with van der Waals surface area (Å²) in [5.74, 6) is -0.281. The lowest BCUT2D eigenvalue weighted by Crippen LogP contribution is -2.42. The molecule has 0 unspecified atom stereocenters. The maximum absolute atomic E-state index is 12.0. The maximum atomic E-state index is 12.0. The number of rotatable bonds is 8. The minimum absolute atomic E-state index is 0.0879. The van der Waals surface area contributed by atoms with Crippen LogP contribution in [0.25, 0.3) is 0 Å². The highest BCUT2D eigenvalue weighted by Crippen LogP contribution is 2.21. The van der Waals surface area contributed by atoms with Crippen molar-refractivity contribution in [2.75, 3.05) is 43.1 Å². The highest BCUT2D eigenvalue weighted by Gasteiger charge is 2.19. The van der Waals surface area contributed by atoms with Gasteiger partial charge in [-0.1, -0.05) is 6.07 Å².